The van der Waals surface area contributed by atoms with Gasteiger partial charge in [-0.1, -0.05) is 36.4 Å². The molecule has 0 spiro atoms. The predicted octanol–water partition coefficient (Wildman–Crippen LogP) is 3.01. The van der Waals surface area contributed by atoms with Crippen molar-refractivity contribution >= 4 is 11.6 Å². The van der Waals surface area contributed by atoms with Crippen LogP contribution in [0.2, 0.25) is 0 Å². The van der Waals surface area contributed by atoms with Gasteiger partial charge < -0.3 is 11.1 Å². The number of hydrogen-bond donors (Lipinski definition) is 2. The van der Waals surface area contributed by atoms with Crippen molar-refractivity contribution < 1.29 is 4.79 Å². The van der Waals surface area contributed by atoms with Crippen LogP contribution in [0.5, 0.6) is 0 Å². The Kier molecular flexibility index (Phi) is 3.91. The van der Waals surface area contributed by atoms with Gasteiger partial charge in [-0.3, -0.25) is 4.79 Å². The number of benzene rings is 2. The van der Waals surface area contributed by atoms with E-state index in [0.717, 1.165) is 30.5 Å². The first-order chi connectivity index (χ1) is 10.2. The van der Waals surface area contributed by atoms with Crippen LogP contribution in [0.3, 0.4) is 0 Å². The number of fused-ring (bicyclic) bond motifs is 1. The van der Waals surface area contributed by atoms with Gasteiger partial charge >= 0.3 is 0 Å². The third-order valence-corrected chi connectivity index (χ3v) is 4.06. The second kappa shape index (κ2) is 6.00. The smallest absolute Gasteiger partial charge is 0.220 e. The summed E-state index contributed by atoms with van der Waals surface area (Å²) >= 11 is 0. The van der Waals surface area contributed by atoms with Crippen molar-refractivity contribution in [3.63, 3.8) is 0 Å². The molecule has 1 amide bonds. The fourth-order valence-electron chi connectivity index (χ4n) is 2.98. The maximum atomic E-state index is 12.1. The molecule has 0 saturated heterocycles. The average molecular weight is 280 g/mol. The minimum atomic E-state index is 0.110. The molecule has 2 aromatic rings. The lowest BCUT2D eigenvalue weighted by molar-refractivity contribution is -0.121. The predicted molar refractivity (Wildman–Crippen MR) is 84.8 cm³/mol. The highest BCUT2D eigenvalue weighted by molar-refractivity contribution is 5.77. The van der Waals surface area contributed by atoms with Crippen molar-refractivity contribution in [3.8, 4) is 0 Å². The Morgan fingerprint density at radius 2 is 2.05 bits per heavy atom. The van der Waals surface area contributed by atoms with Crippen molar-refractivity contribution in [2.24, 2.45) is 0 Å². The SMILES string of the molecule is Nc1cccc(CCC(=O)NC2CCc3ccccc32)c1. The Morgan fingerprint density at radius 3 is 2.90 bits per heavy atom. The van der Waals surface area contributed by atoms with Gasteiger partial charge in [-0.15, -0.1) is 0 Å². The number of carbonyl (C=O) groups excluding carboxylic acids is 1. The number of carbonyl (C=O) groups is 1. The quantitative estimate of drug-likeness (QED) is 0.846. The van der Waals surface area contributed by atoms with E-state index in [0.29, 0.717) is 6.42 Å². The molecule has 0 aliphatic heterocycles. The van der Waals surface area contributed by atoms with Gasteiger partial charge in [0.15, 0.2) is 0 Å². The summed E-state index contributed by atoms with van der Waals surface area (Å²) in [5.41, 5.74) is 10.2. The van der Waals surface area contributed by atoms with E-state index in [1.54, 1.807) is 0 Å². The molecule has 0 heterocycles. The van der Waals surface area contributed by atoms with Gasteiger partial charge in [-0.25, -0.2) is 0 Å². The van der Waals surface area contributed by atoms with E-state index >= 15 is 0 Å². The second-order valence-electron chi connectivity index (χ2n) is 5.60. The van der Waals surface area contributed by atoms with Crippen molar-refractivity contribution in [2.45, 2.75) is 31.7 Å². The number of nitrogens with one attached hydrogen (secondary N) is 1. The molecule has 3 rings (SSSR count). The summed E-state index contributed by atoms with van der Waals surface area (Å²) in [6.45, 7) is 0. The Bertz CT molecular complexity index is 651. The standard InChI is InChI=1S/C18H20N2O/c19-15-6-3-4-13(12-15)8-11-18(21)20-17-10-9-14-5-1-2-7-16(14)17/h1-7,12,17H,8-11,19H2,(H,20,21). The first-order valence-electron chi connectivity index (χ1n) is 7.44. The molecule has 3 heteroatoms. The first kappa shape index (κ1) is 13.7. The van der Waals surface area contributed by atoms with Crippen LogP contribution in [0.25, 0.3) is 0 Å². The minimum absolute atomic E-state index is 0.110. The third-order valence-electron chi connectivity index (χ3n) is 4.06. The molecule has 0 bridgehead atoms. The minimum Gasteiger partial charge on any atom is -0.399 e. The summed E-state index contributed by atoms with van der Waals surface area (Å²) in [5.74, 6) is 0.110. The zero-order valence-electron chi connectivity index (χ0n) is 12.0. The van der Waals surface area contributed by atoms with E-state index in [4.69, 9.17) is 5.73 Å². The summed E-state index contributed by atoms with van der Waals surface area (Å²) in [5, 5.41) is 3.15. The lowest BCUT2D eigenvalue weighted by atomic mass is 10.1. The van der Waals surface area contributed by atoms with Crippen molar-refractivity contribution in [1.29, 1.82) is 0 Å². The fourth-order valence-corrected chi connectivity index (χ4v) is 2.98. The molecule has 21 heavy (non-hydrogen) atoms. The van der Waals surface area contributed by atoms with Gasteiger partial charge in [-0.2, -0.15) is 0 Å². The Morgan fingerprint density at radius 1 is 1.19 bits per heavy atom. The normalized spacial score (nSPS) is 16.5. The molecule has 0 aromatic heterocycles. The number of amides is 1. The van der Waals surface area contributed by atoms with Crippen LogP contribution in [0.1, 0.15) is 35.6 Å². The van der Waals surface area contributed by atoms with E-state index < -0.39 is 0 Å². The van der Waals surface area contributed by atoms with Gasteiger partial charge in [0.05, 0.1) is 6.04 Å². The second-order valence-corrected chi connectivity index (χ2v) is 5.60. The molecule has 0 saturated carbocycles. The van der Waals surface area contributed by atoms with Gasteiger partial charge in [0.25, 0.3) is 0 Å². The summed E-state index contributed by atoms with van der Waals surface area (Å²) in [7, 11) is 0. The molecule has 3 N–H and O–H groups in total. The van der Waals surface area contributed by atoms with E-state index in [9.17, 15) is 4.79 Å². The Hall–Kier alpha value is -2.29. The van der Waals surface area contributed by atoms with Crippen LogP contribution in [0.4, 0.5) is 5.69 Å². The highest BCUT2D eigenvalue weighted by atomic mass is 16.1. The number of hydrogen-bond acceptors (Lipinski definition) is 2. The van der Waals surface area contributed by atoms with Gasteiger partial charge in [-0.05, 0) is 48.1 Å². The number of rotatable bonds is 4. The Balaban J connectivity index is 1.56. The molecule has 1 aliphatic carbocycles. The molecule has 0 fully saturated rings. The molecule has 2 aromatic carbocycles. The van der Waals surface area contributed by atoms with Gasteiger partial charge in [0.2, 0.25) is 5.91 Å². The van der Waals surface area contributed by atoms with Crippen molar-refractivity contribution in [2.75, 3.05) is 5.73 Å². The summed E-state index contributed by atoms with van der Waals surface area (Å²) in [6, 6.07) is 16.3. The molecular formula is C18H20N2O. The van der Waals surface area contributed by atoms with Gasteiger partial charge in [0.1, 0.15) is 0 Å². The lowest BCUT2D eigenvalue weighted by Gasteiger charge is -2.14. The van der Waals surface area contributed by atoms with Crippen LogP contribution in [-0.2, 0) is 17.6 Å². The molecule has 1 unspecified atom stereocenters. The number of nitrogens with two attached hydrogens (primary N) is 1. The highest BCUT2D eigenvalue weighted by Gasteiger charge is 2.22. The van der Waals surface area contributed by atoms with Crippen molar-refractivity contribution in [1.82, 2.24) is 5.32 Å². The van der Waals surface area contributed by atoms with E-state index in [1.165, 1.54) is 11.1 Å². The van der Waals surface area contributed by atoms with E-state index in [2.05, 4.69) is 23.5 Å². The summed E-state index contributed by atoms with van der Waals surface area (Å²) in [6.07, 6.45) is 3.28. The highest BCUT2D eigenvalue weighted by Crippen LogP contribution is 2.30. The average Bonchev–Trinajstić information content (AvgIpc) is 2.89. The summed E-state index contributed by atoms with van der Waals surface area (Å²) in [4.78, 5) is 12.1. The topological polar surface area (TPSA) is 55.1 Å². The zero-order valence-corrected chi connectivity index (χ0v) is 12.0. The number of aryl methyl sites for hydroxylation is 2. The lowest BCUT2D eigenvalue weighted by Crippen LogP contribution is -2.27. The number of nitrogen functional groups attached to an aromatic ring is 1. The molecule has 3 nitrogen and oxygen atoms in total. The zero-order chi connectivity index (χ0) is 14.7. The van der Waals surface area contributed by atoms with E-state index in [1.807, 2.05) is 30.3 Å². The van der Waals surface area contributed by atoms with Crippen molar-refractivity contribution in [3.05, 3.63) is 65.2 Å². The molecule has 108 valence electrons. The first-order valence-corrected chi connectivity index (χ1v) is 7.44. The monoisotopic (exact) mass is 280 g/mol. The van der Waals surface area contributed by atoms with Crippen LogP contribution in [0, 0.1) is 0 Å². The largest absolute Gasteiger partial charge is 0.399 e. The fraction of sp³-hybridized carbons (Fsp3) is 0.278. The molecule has 1 atom stereocenters. The summed E-state index contributed by atoms with van der Waals surface area (Å²) < 4.78 is 0. The van der Waals surface area contributed by atoms with Gasteiger partial charge in [0, 0.05) is 12.1 Å². The van der Waals surface area contributed by atoms with Crippen LogP contribution in [0.15, 0.2) is 48.5 Å². The molecule has 1 aliphatic rings. The Labute approximate surface area is 125 Å². The van der Waals surface area contributed by atoms with Crippen LogP contribution >= 0.6 is 0 Å². The molecule has 0 radical (unpaired) electrons. The van der Waals surface area contributed by atoms with E-state index in [-0.39, 0.29) is 11.9 Å². The number of anilines is 1. The molecular weight excluding hydrogens is 260 g/mol. The van der Waals surface area contributed by atoms with Crippen LogP contribution < -0.4 is 11.1 Å². The maximum Gasteiger partial charge on any atom is 0.220 e. The maximum absolute atomic E-state index is 12.1. The van der Waals surface area contributed by atoms with Crippen LogP contribution in [-0.4, -0.2) is 5.91 Å². The third kappa shape index (κ3) is 3.24.